The van der Waals surface area contributed by atoms with Crippen LogP contribution in [-0.2, 0) is 9.59 Å². The third kappa shape index (κ3) is 4.34. The first-order valence-electron chi connectivity index (χ1n) is 7.83. The van der Waals surface area contributed by atoms with Gasteiger partial charge in [0, 0.05) is 30.0 Å². The minimum absolute atomic E-state index is 0.207. The van der Waals surface area contributed by atoms with Gasteiger partial charge in [0.15, 0.2) is 5.82 Å². The Morgan fingerprint density at radius 3 is 2.29 bits per heavy atom. The second kappa shape index (κ2) is 7.63. The Morgan fingerprint density at radius 1 is 1.17 bits per heavy atom. The normalized spacial score (nSPS) is 10.5. The van der Waals surface area contributed by atoms with Gasteiger partial charge in [-0.1, -0.05) is 5.16 Å². The van der Waals surface area contributed by atoms with E-state index in [9.17, 15) is 9.59 Å². The molecule has 0 bridgehead atoms. The lowest BCUT2D eigenvalue weighted by Gasteiger charge is -2.27. The van der Waals surface area contributed by atoms with Crippen LogP contribution in [0.15, 0.2) is 34.9 Å². The number of anilines is 3. The van der Waals surface area contributed by atoms with Gasteiger partial charge in [-0.15, -0.1) is 0 Å². The van der Waals surface area contributed by atoms with Gasteiger partial charge in [-0.25, -0.2) is 0 Å². The number of rotatable bonds is 5. The molecule has 0 radical (unpaired) electrons. The zero-order valence-corrected chi connectivity index (χ0v) is 14.3. The molecule has 0 fully saturated rings. The van der Waals surface area contributed by atoms with Crippen LogP contribution in [0, 0.1) is 6.92 Å². The molecule has 2 N–H and O–H groups in total. The quantitative estimate of drug-likeness (QED) is 0.823. The molecular weight excluding hydrogens is 308 g/mol. The molecule has 128 valence electrons. The van der Waals surface area contributed by atoms with Crippen molar-refractivity contribution in [3.63, 3.8) is 0 Å². The Labute approximate surface area is 141 Å². The molecule has 7 heteroatoms. The maximum atomic E-state index is 11.9. The Balaban J connectivity index is 1.97. The number of aryl methyl sites for hydroxylation is 1. The van der Waals surface area contributed by atoms with E-state index < -0.39 is 11.8 Å². The number of nitrogens with zero attached hydrogens (tertiary/aromatic N) is 2. The smallest absolute Gasteiger partial charge is 0.315 e. The predicted molar refractivity (Wildman–Crippen MR) is 93.1 cm³/mol. The fraction of sp³-hybridized carbons (Fsp3) is 0.353. The first kappa shape index (κ1) is 17.5. The lowest BCUT2D eigenvalue weighted by molar-refractivity contribution is -0.133. The summed E-state index contributed by atoms with van der Waals surface area (Å²) < 4.78 is 4.83. The minimum Gasteiger partial charge on any atom is -0.369 e. The SMILES string of the molecule is CCN(c1ccc(NC(=O)C(=O)Nc2cc(C)on2)cc1)C(C)C. The average molecular weight is 330 g/mol. The lowest BCUT2D eigenvalue weighted by atomic mass is 10.2. The molecule has 0 saturated carbocycles. The van der Waals surface area contributed by atoms with Crippen LogP contribution in [-0.4, -0.2) is 29.6 Å². The highest BCUT2D eigenvalue weighted by Crippen LogP contribution is 2.20. The molecular formula is C17H22N4O3. The van der Waals surface area contributed by atoms with Crippen molar-refractivity contribution in [2.75, 3.05) is 22.1 Å². The third-order valence-electron chi connectivity index (χ3n) is 3.50. The number of amides is 2. The van der Waals surface area contributed by atoms with Gasteiger partial charge in [0.1, 0.15) is 5.76 Å². The summed E-state index contributed by atoms with van der Waals surface area (Å²) in [6.07, 6.45) is 0. The zero-order chi connectivity index (χ0) is 17.7. The summed E-state index contributed by atoms with van der Waals surface area (Å²) in [5.74, 6) is -0.810. The highest BCUT2D eigenvalue weighted by atomic mass is 16.5. The van der Waals surface area contributed by atoms with Crippen LogP contribution in [0.3, 0.4) is 0 Å². The minimum atomic E-state index is -0.801. The molecule has 0 spiro atoms. The molecule has 0 unspecified atom stereocenters. The van der Waals surface area contributed by atoms with Crippen LogP contribution in [0.1, 0.15) is 26.5 Å². The number of benzene rings is 1. The molecule has 2 rings (SSSR count). The molecule has 1 aromatic carbocycles. The van der Waals surface area contributed by atoms with Crippen LogP contribution < -0.4 is 15.5 Å². The number of hydrogen-bond acceptors (Lipinski definition) is 5. The van der Waals surface area contributed by atoms with Crippen molar-refractivity contribution in [3.8, 4) is 0 Å². The topological polar surface area (TPSA) is 87.5 Å². The lowest BCUT2D eigenvalue weighted by Crippen LogP contribution is -2.30. The Hall–Kier alpha value is -2.83. The molecule has 0 aliphatic heterocycles. The van der Waals surface area contributed by atoms with Gasteiger partial charge in [0.25, 0.3) is 0 Å². The fourth-order valence-electron chi connectivity index (χ4n) is 2.37. The van der Waals surface area contributed by atoms with E-state index >= 15 is 0 Å². The molecule has 2 amide bonds. The Morgan fingerprint density at radius 2 is 1.79 bits per heavy atom. The average Bonchev–Trinajstić information content (AvgIpc) is 2.94. The number of hydrogen-bond donors (Lipinski definition) is 2. The van der Waals surface area contributed by atoms with Crippen molar-refractivity contribution < 1.29 is 14.1 Å². The first-order chi connectivity index (χ1) is 11.4. The van der Waals surface area contributed by atoms with E-state index in [1.165, 1.54) is 6.07 Å². The summed E-state index contributed by atoms with van der Waals surface area (Å²) in [6.45, 7) is 8.92. The second-order valence-corrected chi connectivity index (χ2v) is 5.66. The molecule has 1 heterocycles. The van der Waals surface area contributed by atoms with Gasteiger partial charge in [-0.3, -0.25) is 14.9 Å². The summed E-state index contributed by atoms with van der Waals surface area (Å²) in [6, 6.07) is 9.28. The molecule has 0 aliphatic carbocycles. The maximum Gasteiger partial charge on any atom is 0.315 e. The summed E-state index contributed by atoms with van der Waals surface area (Å²) in [5, 5.41) is 8.54. The molecule has 0 saturated heterocycles. The van der Waals surface area contributed by atoms with Crippen molar-refractivity contribution in [1.29, 1.82) is 0 Å². The van der Waals surface area contributed by atoms with Crippen molar-refractivity contribution in [2.24, 2.45) is 0 Å². The van der Waals surface area contributed by atoms with Gasteiger partial charge in [-0.05, 0) is 52.0 Å². The highest BCUT2D eigenvalue weighted by Gasteiger charge is 2.16. The molecule has 0 aliphatic rings. The van der Waals surface area contributed by atoms with Crippen molar-refractivity contribution in [1.82, 2.24) is 5.16 Å². The number of carbonyl (C=O) groups excluding carboxylic acids is 2. The number of nitrogens with one attached hydrogen (secondary N) is 2. The van der Waals surface area contributed by atoms with E-state index in [4.69, 9.17) is 4.52 Å². The molecule has 2 aromatic rings. The maximum absolute atomic E-state index is 11.9. The van der Waals surface area contributed by atoms with Crippen molar-refractivity contribution in [3.05, 3.63) is 36.1 Å². The van der Waals surface area contributed by atoms with Crippen LogP contribution in [0.4, 0.5) is 17.2 Å². The van der Waals surface area contributed by atoms with Crippen LogP contribution in [0.5, 0.6) is 0 Å². The van der Waals surface area contributed by atoms with Crippen LogP contribution >= 0.6 is 0 Å². The van der Waals surface area contributed by atoms with E-state index in [1.807, 2.05) is 12.1 Å². The molecule has 7 nitrogen and oxygen atoms in total. The standard InChI is InChI=1S/C17H22N4O3/c1-5-21(11(2)3)14-8-6-13(7-9-14)18-16(22)17(23)19-15-10-12(4)24-20-15/h6-11H,5H2,1-4H3,(H,18,22)(H,19,20,23). The molecule has 1 aromatic heterocycles. The Kier molecular flexibility index (Phi) is 5.57. The van der Waals surface area contributed by atoms with E-state index in [0.717, 1.165) is 12.2 Å². The first-order valence-corrected chi connectivity index (χ1v) is 7.83. The van der Waals surface area contributed by atoms with Crippen molar-refractivity contribution in [2.45, 2.75) is 33.7 Å². The second-order valence-electron chi connectivity index (χ2n) is 5.66. The van der Waals surface area contributed by atoms with Gasteiger partial charge in [-0.2, -0.15) is 0 Å². The van der Waals surface area contributed by atoms with E-state index in [1.54, 1.807) is 19.1 Å². The summed E-state index contributed by atoms with van der Waals surface area (Å²) in [5.41, 5.74) is 1.61. The molecule has 24 heavy (non-hydrogen) atoms. The summed E-state index contributed by atoms with van der Waals surface area (Å²) in [7, 11) is 0. The summed E-state index contributed by atoms with van der Waals surface area (Å²) >= 11 is 0. The van der Waals surface area contributed by atoms with Gasteiger partial charge in [0.2, 0.25) is 0 Å². The third-order valence-corrected chi connectivity index (χ3v) is 3.50. The zero-order valence-electron chi connectivity index (χ0n) is 14.3. The van der Waals surface area contributed by atoms with E-state index in [0.29, 0.717) is 17.5 Å². The monoisotopic (exact) mass is 330 g/mol. The van der Waals surface area contributed by atoms with Gasteiger partial charge < -0.3 is 14.7 Å². The van der Waals surface area contributed by atoms with Gasteiger partial charge in [0.05, 0.1) is 0 Å². The van der Waals surface area contributed by atoms with E-state index in [-0.39, 0.29) is 5.82 Å². The predicted octanol–water partition coefficient (Wildman–Crippen LogP) is 2.79. The largest absolute Gasteiger partial charge is 0.369 e. The van der Waals surface area contributed by atoms with Crippen LogP contribution in [0.25, 0.3) is 0 Å². The highest BCUT2D eigenvalue weighted by molar-refractivity contribution is 6.43. The number of aromatic nitrogens is 1. The van der Waals surface area contributed by atoms with E-state index in [2.05, 4.69) is 41.5 Å². The van der Waals surface area contributed by atoms with Gasteiger partial charge >= 0.3 is 11.8 Å². The van der Waals surface area contributed by atoms with Crippen molar-refractivity contribution >= 4 is 29.0 Å². The number of carbonyl (C=O) groups is 2. The molecule has 0 atom stereocenters. The van der Waals surface area contributed by atoms with Crippen LogP contribution in [0.2, 0.25) is 0 Å². The fourth-order valence-corrected chi connectivity index (χ4v) is 2.37. The summed E-state index contributed by atoms with van der Waals surface area (Å²) in [4.78, 5) is 26.0. The Bertz CT molecular complexity index is 707.